The van der Waals surface area contributed by atoms with Crippen LogP contribution in [-0.4, -0.2) is 81.6 Å². The highest BCUT2D eigenvalue weighted by molar-refractivity contribution is 4.90. The molecule has 8 heteroatoms. The third-order valence-electron chi connectivity index (χ3n) is 5.72. The zero-order valence-electron chi connectivity index (χ0n) is 19.5. The van der Waals surface area contributed by atoms with Crippen LogP contribution in [0, 0.1) is 0 Å². The molecule has 1 rings (SSSR count). The smallest absolute Gasteiger partial charge is 0.186 e. The van der Waals surface area contributed by atoms with Gasteiger partial charge in [0.15, 0.2) is 6.29 Å². The van der Waals surface area contributed by atoms with Crippen molar-refractivity contribution in [2.45, 2.75) is 114 Å². The van der Waals surface area contributed by atoms with Crippen molar-refractivity contribution < 1.29 is 35.0 Å². The average Bonchev–Trinajstić information content (AvgIpc) is 2.79. The van der Waals surface area contributed by atoms with Crippen LogP contribution >= 0.6 is 0 Å². The minimum Gasteiger partial charge on any atom is -0.394 e. The lowest BCUT2D eigenvalue weighted by Crippen LogP contribution is -2.59. The number of unbranched alkanes of at least 4 members (excludes halogenated alkanes) is 7. The summed E-state index contributed by atoms with van der Waals surface area (Å²) in [4.78, 5) is 0. The van der Waals surface area contributed by atoms with Crippen LogP contribution in [-0.2, 0) is 9.47 Å². The summed E-state index contributed by atoms with van der Waals surface area (Å²) in [5, 5.41) is 48.9. The molecule has 0 aromatic rings. The van der Waals surface area contributed by atoms with Gasteiger partial charge in [-0.1, -0.05) is 50.5 Å². The van der Waals surface area contributed by atoms with E-state index in [0.717, 1.165) is 19.3 Å². The van der Waals surface area contributed by atoms with Crippen LogP contribution in [0.15, 0.2) is 24.3 Å². The van der Waals surface area contributed by atoms with E-state index in [-0.39, 0.29) is 6.61 Å². The second kappa shape index (κ2) is 17.6. The Bertz CT molecular complexity index is 515. The van der Waals surface area contributed by atoms with E-state index < -0.39 is 49.5 Å². The average molecular weight is 460 g/mol. The van der Waals surface area contributed by atoms with Crippen molar-refractivity contribution in [3.63, 3.8) is 0 Å². The Hall–Kier alpha value is -0.840. The number of hydrogen-bond donors (Lipinski definition) is 6. The van der Waals surface area contributed by atoms with Gasteiger partial charge in [0.05, 0.1) is 25.4 Å². The van der Waals surface area contributed by atoms with Gasteiger partial charge in [-0.3, -0.25) is 0 Å². The molecular weight excluding hydrogens is 414 g/mol. The number of hydrogen-bond acceptors (Lipinski definition) is 8. The topological polar surface area (TPSA) is 146 Å². The van der Waals surface area contributed by atoms with E-state index in [1.54, 1.807) is 0 Å². The van der Waals surface area contributed by atoms with E-state index in [1.165, 1.54) is 38.5 Å². The highest BCUT2D eigenvalue weighted by Crippen LogP contribution is 2.22. The minimum atomic E-state index is -1.50. The summed E-state index contributed by atoms with van der Waals surface area (Å²) >= 11 is 0. The van der Waals surface area contributed by atoms with Crippen LogP contribution in [0.3, 0.4) is 0 Å². The Labute approximate surface area is 192 Å². The lowest BCUT2D eigenvalue weighted by molar-refractivity contribution is -0.302. The van der Waals surface area contributed by atoms with Crippen LogP contribution < -0.4 is 5.73 Å². The quantitative estimate of drug-likeness (QED) is 0.142. The molecule has 7 N–H and O–H groups in total. The van der Waals surface area contributed by atoms with E-state index in [9.17, 15) is 25.5 Å². The second-order valence-electron chi connectivity index (χ2n) is 8.57. The van der Waals surface area contributed by atoms with Crippen molar-refractivity contribution in [2.75, 3.05) is 13.2 Å². The van der Waals surface area contributed by atoms with Gasteiger partial charge in [-0.2, -0.15) is 0 Å². The summed E-state index contributed by atoms with van der Waals surface area (Å²) in [5.41, 5.74) is 5.94. The molecule has 0 aromatic heterocycles. The first-order valence-corrected chi connectivity index (χ1v) is 12.1. The molecule has 0 aliphatic carbocycles. The first kappa shape index (κ1) is 29.2. The lowest BCUT2D eigenvalue weighted by atomic mass is 9.99. The normalized spacial score (nSPS) is 28.5. The molecular formula is C24H45NO7. The molecule has 0 saturated carbocycles. The molecule has 1 aliphatic heterocycles. The molecule has 8 nitrogen and oxygen atoms in total. The van der Waals surface area contributed by atoms with E-state index >= 15 is 0 Å². The Kier molecular flexibility index (Phi) is 16.1. The lowest BCUT2D eigenvalue weighted by Gasteiger charge is -2.40. The van der Waals surface area contributed by atoms with Gasteiger partial charge < -0.3 is 40.7 Å². The van der Waals surface area contributed by atoms with Crippen molar-refractivity contribution in [2.24, 2.45) is 5.73 Å². The molecule has 7 atom stereocenters. The van der Waals surface area contributed by atoms with Gasteiger partial charge in [-0.15, -0.1) is 0 Å². The molecule has 0 unspecified atom stereocenters. The molecule has 0 bridgehead atoms. The Balaban J connectivity index is 2.13. The van der Waals surface area contributed by atoms with Crippen molar-refractivity contribution in [1.29, 1.82) is 0 Å². The van der Waals surface area contributed by atoms with Crippen LogP contribution in [0.2, 0.25) is 0 Å². The maximum Gasteiger partial charge on any atom is 0.186 e. The Morgan fingerprint density at radius 2 is 1.47 bits per heavy atom. The highest BCUT2D eigenvalue weighted by atomic mass is 16.7. The van der Waals surface area contributed by atoms with Gasteiger partial charge >= 0.3 is 0 Å². The van der Waals surface area contributed by atoms with Crippen LogP contribution in [0.1, 0.15) is 71.1 Å². The molecule has 0 radical (unpaired) electrons. The van der Waals surface area contributed by atoms with E-state index in [4.69, 9.17) is 15.2 Å². The summed E-state index contributed by atoms with van der Waals surface area (Å²) < 4.78 is 10.6. The summed E-state index contributed by atoms with van der Waals surface area (Å²) in [6.45, 7) is 1.58. The second-order valence-corrected chi connectivity index (χ2v) is 8.57. The minimum absolute atomic E-state index is 0.107. The molecule has 0 amide bonds. The maximum absolute atomic E-state index is 10.2. The highest BCUT2D eigenvalue weighted by Gasteiger charge is 2.44. The number of ether oxygens (including phenoxy) is 2. The van der Waals surface area contributed by atoms with Gasteiger partial charge in [-0.05, 0) is 44.9 Å². The summed E-state index contributed by atoms with van der Waals surface area (Å²) in [5.74, 6) is 0. The van der Waals surface area contributed by atoms with Gasteiger partial charge in [0.2, 0.25) is 0 Å². The first-order valence-electron chi connectivity index (χ1n) is 12.1. The summed E-state index contributed by atoms with van der Waals surface area (Å²) in [6, 6.07) is -0.712. The zero-order valence-corrected chi connectivity index (χ0v) is 19.5. The van der Waals surface area contributed by atoms with Crippen molar-refractivity contribution in [3.05, 3.63) is 24.3 Å². The van der Waals surface area contributed by atoms with Crippen LogP contribution in [0.25, 0.3) is 0 Å². The number of nitrogens with two attached hydrogens (primary N) is 1. The van der Waals surface area contributed by atoms with Gasteiger partial charge in [0, 0.05) is 0 Å². The predicted molar refractivity (Wildman–Crippen MR) is 124 cm³/mol. The number of rotatable bonds is 17. The first-order chi connectivity index (χ1) is 15.4. The molecule has 0 spiro atoms. The molecule has 32 heavy (non-hydrogen) atoms. The zero-order chi connectivity index (χ0) is 23.8. The molecule has 188 valence electrons. The third kappa shape index (κ3) is 11.3. The van der Waals surface area contributed by atoms with E-state index in [2.05, 4.69) is 25.2 Å². The van der Waals surface area contributed by atoms with Gasteiger partial charge in [0.25, 0.3) is 0 Å². The standard InChI is InChI=1S/C24H45NO7/c1-2-3-4-5-6-7-8-9-10-11-12-13-14-15-19(27)18(25)17-31-24-23(30)22(29)21(28)20(16-26)32-24/h6-7,13-14,18-24,26-30H,2-5,8-12,15-17,25H2,1H3/b7-6+,14-13+/t18-,19-,20+,21-,22+,23-,24+/m0/s1. The number of aliphatic hydroxyl groups excluding tert-OH is 5. The molecule has 0 aromatic carbocycles. The van der Waals surface area contributed by atoms with Crippen molar-refractivity contribution in [1.82, 2.24) is 0 Å². The Morgan fingerprint density at radius 3 is 2.06 bits per heavy atom. The monoisotopic (exact) mass is 459 g/mol. The van der Waals surface area contributed by atoms with E-state index in [0.29, 0.717) is 6.42 Å². The number of aliphatic hydroxyl groups is 5. The predicted octanol–water partition coefficient (Wildman–Crippen LogP) is 1.52. The fourth-order valence-corrected chi connectivity index (χ4v) is 3.50. The summed E-state index contributed by atoms with van der Waals surface area (Å²) in [7, 11) is 0. The molecule has 1 heterocycles. The molecule has 1 fully saturated rings. The Morgan fingerprint density at radius 1 is 0.875 bits per heavy atom. The van der Waals surface area contributed by atoms with E-state index in [1.807, 2.05) is 6.08 Å². The number of allylic oxidation sites excluding steroid dienone is 3. The fourth-order valence-electron chi connectivity index (χ4n) is 3.50. The van der Waals surface area contributed by atoms with Crippen LogP contribution in [0.4, 0.5) is 0 Å². The van der Waals surface area contributed by atoms with Crippen molar-refractivity contribution >= 4 is 0 Å². The van der Waals surface area contributed by atoms with Gasteiger partial charge in [0.1, 0.15) is 24.4 Å². The largest absolute Gasteiger partial charge is 0.394 e. The fraction of sp³-hybridized carbons (Fsp3) is 0.833. The molecule has 1 saturated heterocycles. The maximum atomic E-state index is 10.2. The third-order valence-corrected chi connectivity index (χ3v) is 5.72. The van der Waals surface area contributed by atoms with Crippen LogP contribution in [0.5, 0.6) is 0 Å². The van der Waals surface area contributed by atoms with Crippen molar-refractivity contribution in [3.8, 4) is 0 Å². The van der Waals surface area contributed by atoms with Gasteiger partial charge in [-0.25, -0.2) is 0 Å². The molecule has 1 aliphatic rings. The summed E-state index contributed by atoms with van der Waals surface area (Å²) in [6.07, 6.45) is 12.0. The SMILES string of the molecule is CCCCC/C=C/CCCCC/C=C/C[C@H](O)[C@@H](N)CO[C@@H]1O[C@H](CO)[C@H](O)[C@@H](O)[C@@H]1O.